The number of rotatable bonds is 4. The first kappa shape index (κ1) is 16.1. The Hall–Kier alpha value is -1.79. The van der Waals surface area contributed by atoms with Crippen LogP contribution in [0.25, 0.3) is 0 Å². The number of anilines is 1. The molecule has 2 aromatic rings. The van der Waals surface area contributed by atoms with E-state index >= 15 is 0 Å². The maximum Gasteiger partial charge on any atom is 0.247 e. The Balaban J connectivity index is 1.85. The van der Waals surface area contributed by atoms with Crippen molar-refractivity contribution in [3.63, 3.8) is 0 Å². The third-order valence-corrected chi connectivity index (χ3v) is 4.97. The number of amides is 1. The molecular weight excluding hydrogens is 308 g/mol. The van der Waals surface area contributed by atoms with Crippen LogP contribution in [0.1, 0.15) is 17.3 Å². The van der Waals surface area contributed by atoms with Crippen molar-refractivity contribution < 1.29 is 4.79 Å². The summed E-state index contributed by atoms with van der Waals surface area (Å²) in [5.41, 5.74) is 1.93. The van der Waals surface area contributed by atoms with Gasteiger partial charge in [-0.25, -0.2) is 0 Å². The quantitative estimate of drug-likeness (QED) is 0.935. The van der Waals surface area contributed by atoms with E-state index in [1.807, 2.05) is 62.1 Å². The molecule has 0 aliphatic carbocycles. The highest BCUT2D eigenvalue weighted by Gasteiger charge is 2.29. The summed E-state index contributed by atoms with van der Waals surface area (Å²) in [6, 6.07) is 11.7. The standard InChI is InChI=1S/C17H22N4OS/c1-13-12-15(20(2)19-13)18-17(22)16(14-6-4-3-5-7-14)21-8-10-23-11-9-21/h3-7,12,16H,8-11H2,1-2H3,(H,18,22)/t16-/m0/s1. The monoisotopic (exact) mass is 330 g/mol. The summed E-state index contributed by atoms with van der Waals surface area (Å²) < 4.78 is 1.71. The Morgan fingerprint density at radius 1 is 1.26 bits per heavy atom. The van der Waals surface area contributed by atoms with Gasteiger partial charge in [-0.15, -0.1) is 0 Å². The van der Waals surface area contributed by atoms with Gasteiger partial charge in [0.25, 0.3) is 0 Å². The van der Waals surface area contributed by atoms with Crippen molar-refractivity contribution in [2.45, 2.75) is 13.0 Å². The molecule has 1 aliphatic heterocycles. The lowest BCUT2D eigenvalue weighted by atomic mass is 10.0. The summed E-state index contributed by atoms with van der Waals surface area (Å²) in [6.45, 7) is 3.79. The van der Waals surface area contributed by atoms with Crippen LogP contribution < -0.4 is 5.32 Å². The fourth-order valence-corrected chi connectivity index (χ4v) is 3.85. The van der Waals surface area contributed by atoms with Gasteiger partial charge in [0.2, 0.25) is 5.91 Å². The number of benzene rings is 1. The van der Waals surface area contributed by atoms with Gasteiger partial charge in [-0.3, -0.25) is 14.4 Å². The largest absolute Gasteiger partial charge is 0.309 e. The van der Waals surface area contributed by atoms with Crippen LogP contribution in [0.3, 0.4) is 0 Å². The minimum atomic E-state index is -0.257. The topological polar surface area (TPSA) is 50.2 Å². The lowest BCUT2D eigenvalue weighted by Gasteiger charge is -2.33. The van der Waals surface area contributed by atoms with Crippen molar-refractivity contribution in [3.05, 3.63) is 47.7 Å². The van der Waals surface area contributed by atoms with E-state index in [9.17, 15) is 4.79 Å². The molecule has 1 aromatic heterocycles. The van der Waals surface area contributed by atoms with Gasteiger partial charge < -0.3 is 5.32 Å². The van der Waals surface area contributed by atoms with Crippen LogP contribution in [0, 0.1) is 6.92 Å². The fourth-order valence-electron chi connectivity index (χ4n) is 2.92. The van der Waals surface area contributed by atoms with Crippen LogP contribution in [0.2, 0.25) is 0 Å². The number of carbonyl (C=O) groups excluding carboxylic acids is 1. The zero-order valence-electron chi connectivity index (χ0n) is 13.5. The molecule has 0 radical (unpaired) electrons. The van der Waals surface area contributed by atoms with Crippen molar-refractivity contribution in [2.75, 3.05) is 29.9 Å². The molecule has 3 rings (SSSR count). The highest BCUT2D eigenvalue weighted by atomic mass is 32.2. The van der Waals surface area contributed by atoms with Gasteiger partial charge >= 0.3 is 0 Å². The Morgan fingerprint density at radius 3 is 2.57 bits per heavy atom. The lowest BCUT2D eigenvalue weighted by molar-refractivity contribution is -0.121. The zero-order chi connectivity index (χ0) is 16.2. The molecule has 122 valence electrons. The van der Waals surface area contributed by atoms with Crippen LogP contribution in [0.5, 0.6) is 0 Å². The Bertz CT molecular complexity index is 664. The van der Waals surface area contributed by atoms with Crippen LogP contribution in [0.4, 0.5) is 5.82 Å². The first-order valence-electron chi connectivity index (χ1n) is 7.83. The highest BCUT2D eigenvalue weighted by Crippen LogP contribution is 2.26. The predicted molar refractivity (Wildman–Crippen MR) is 94.7 cm³/mol. The van der Waals surface area contributed by atoms with Crippen molar-refractivity contribution >= 4 is 23.5 Å². The van der Waals surface area contributed by atoms with Crippen LogP contribution >= 0.6 is 11.8 Å². The average molecular weight is 330 g/mol. The second kappa shape index (κ2) is 7.19. The number of hydrogen-bond donors (Lipinski definition) is 1. The molecule has 1 aliphatic rings. The van der Waals surface area contributed by atoms with E-state index in [0.29, 0.717) is 0 Å². The fraction of sp³-hybridized carbons (Fsp3) is 0.412. The smallest absolute Gasteiger partial charge is 0.247 e. The lowest BCUT2D eigenvalue weighted by Crippen LogP contribution is -2.42. The summed E-state index contributed by atoms with van der Waals surface area (Å²) >= 11 is 1.95. The number of aryl methyl sites for hydroxylation is 2. The molecule has 5 nitrogen and oxygen atoms in total. The third-order valence-electron chi connectivity index (χ3n) is 4.03. The minimum Gasteiger partial charge on any atom is -0.309 e. The van der Waals surface area contributed by atoms with E-state index in [-0.39, 0.29) is 11.9 Å². The molecule has 0 unspecified atom stereocenters. The van der Waals surface area contributed by atoms with Crippen molar-refractivity contribution in [3.8, 4) is 0 Å². The SMILES string of the molecule is Cc1cc(NC(=O)[C@H](c2ccccc2)N2CCSCC2)n(C)n1. The number of nitrogens with zero attached hydrogens (tertiary/aromatic N) is 3. The summed E-state index contributed by atoms with van der Waals surface area (Å²) in [5.74, 6) is 2.88. The van der Waals surface area contributed by atoms with E-state index in [0.717, 1.165) is 41.7 Å². The molecule has 0 bridgehead atoms. The van der Waals surface area contributed by atoms with E-state index in [1.165, 1.54) is 0 Å². The van der Waals surface area contributed by atoms with E-state index in [2.05, 4.69) is 15.3 Å². The van der Waals surface area contributed by atoms with Crippen molar-refractivity contribution in [1.29, 1.82) is 0 Å². The first-order valence-corrected chi connectivity index (χ1v) is 8.99. The second-order valence-corrected chi connectivity index (χ2v) is 6.97. The summed E-state index contributed by atoms with van der Waals surface area (Å²) in [4.78, 5) is 15.2. The maximum absolute atomic E-state index is 13.0. The number of carbonyl (C=O) groups is 1. The number of hydrogen-bond acceptors (Lipinski definition) is 4. The highest BCUT2D eigenvalue weighted by molar-refractivity contribution is 7.99. The number of aromatic nitrogens is 2. The summed E-state index contributed by atoms with van der Waals surface area (Å²) in [5, 5.41) is 7.33. The third kappa shape index (κ3) is 3.76. The summed E-state index contributed by atoms with van der Waals surface area (Å²) in [6.07, 6.45) is 0. The first-order chi connectivity index (χ1) is 11.1. The van der Waals surface area contributed by atoms with Gasteiger partial charge in [-0.1, -0.05) is 30.3 Å². The Labute approximate surface area is 141 Å². The molecule has 0 spiro atoms. The van der Waals surface area contributed by atoms with Crippen LogP contribution in [0.15, 0.2) is 36.4 Å². The molecule has 1 saturated heterocycles. The zero-order valence-corrected chi connectivity index (χ0v) is 14.3. The van der Waals surface area contributed by atoms with Gasteiger partial charge in [-0.05, 0) is 12.5 Å². The van der Waals surface area contributed by atoms with Gasteiger partial charge in [0, 0.05) is 37.7 Å². The minimum absolute atomic E-state index is 0.00565. The molecule has 1 fully saturated rings. The molecule has 1 amide bonds. The molecule has 1 N–H and O–H groups in total. The van der Waals surface area contributed by atoms with Crippen molar-refractivity contribution in [1.82, 2.24) is 14.7 Å². The van der Waals surface area contributed by atoms with Gasteiger partial charge in [-0.2, -0.15) is 16.9 Å². The predicted octanol–water partition coefficient (Wildman–Crippen LogP) is 2.46. The average Bonchev–Trinajstić information content (AvgIpc) is 2.87. The summed E-state index contributed by atoms with van der Waals surface area (Å²) in [7, 11) is 1.84. The van der Waals surface area contributed by atoms with E-state index < -0.39 is 0 Å². The van der Waals surface area contributed by atoms with Crippen molar-refractivity contribution in [2.24, 2.45) is 7.05 Å². The van der Waals surface area contributed by atoms with Crippen LogP contribution in [-0.2, 0) is 11.8 Å². The molecule has 6 heteroatoms. The number of thioether (sulfide) groups is 1. The second-order valence-electron chi connectivity index (χ2n) is 5.75. The van der Waals surface area contributed by atoms with Gasteiger partial charge in [0.1, 0.15) is 11.9 Å². The van der Waals surface area contributed by atoms with Gasteiger partial charge in [0.15, 0.2) is 0 Å². The van der Waals surface area contributed by atoms with E-state index in [4.69, 9.17) is 0 Å². The molecule has 23 heavy (non-hydrogen) atoms. The molecule has 1 atom stereocenters. The Kier molecular flexibility index (Phi) is 5.03. The normalized spacial score (nSPS) is 17.0. The molecular formula is C17H22N4OS. The van der Waals surface area contributed by atoms with Crippen LogP contribution in [-0.4, -0.2) is 45.2 Å². The number of nitrogens with one attached hydrogen (secondary N) is 1. The Morgan fingerprint density at radius 2 is 1.96 bits per heavy atom. The van der Waals surface area contributed by atoms with Gasteiger partial charge in [0.05, 0.1) is 5.69 Å². The maximum atomic E-state index is 13.0. The molecule has 1 aromatic carbocycles. The molecule has 2 heterocycles. The van der Waals surface area contributed by atoms with E-state index in [1.54, 1.807) is 4.68 Å². The molecule has 0 saturated carbocycles.